The minimum Gasteiger partial charge on any atom is -0.370 e. The summed E-state index contributed by atoms with van der Waals surface area (Å²) in [6.45, 7) is 9.59. The Bertz CT molecular complexity index is 400. The number of carbonyl (C=O) groups excluding carboxylic acids is 1. The van der Waals surface area contributed by atoms with E-state index in [9.17, 15) is 4.79 Å². The first-order valence-corrected chi connectivity index (χ1v) is 6.81. The molecule has 106 valence electrons. The van der Waals surface area contributed by atoms with Gasteiger partial charge in [-0.25, -0.2) is 0 Å². The maximum atomic E-state index is 11.5. The molecule has 0 aliphatic heterocycles. The van der Waals surface area contributed by atoms with Crippen LogP contribution in [0.25, 0.3) is 0 Å². The fourth-order valence-corrected chi connectivity index (χ4v) is 2.02. The Morgan fingerprint density at radius 3 is 2.32 bits per heavy atom. The second kappa shape index (κ2) is 7.14. The summed E-state index contributed by atoms with van der Waals surface area (Å²) in [6, 6.07) is 8.20. The Hall–Kier alpha value is -1.55. The summed E-state index contributed by atoms with van der Waals surface area (Å²) < 4.78 is 0. The van der Waals surface area contributed by atoms with Crippen molar-refractivity contribution >= 4 is 11.6 Å². The number of nitrogens with two attached hydrogens (primary N) is 1. The lowest BCUT2D eigenvalue weighted by atomic mass is 10.1. The lowest BCUT2D eigenvalue weighted by molar-refractivity contribution is -0.119. The van der Waals surface area contributed by atoms with E-state index in [-0.39, 0.29) is 18.0 Å². The lowest BCUT2D eigenvalue weighted by Crippen LogP contribution is -2.51. The molecule has 1 rings (SSSR count). The van der Waals surface area contributed by atoms with Crippen LogP contribution in [-0.4, -0.2) is 31.1 Å². The van der Waals surface area contributed by atoms with Crippen molar-refractivity contribution < 1.29 is 4.79 Å². The van der Waals surface area contributed by atoms with Crippen molar-refractivity contribution in [3.05, 3.63) is 29.8 Å². The molecule has 4 nitrogen and oxygen atoms in total. The molecule has 1 amide bonds. The molecule has 0 bridgehead atoms. The van der Waals surface area contributed by atoms with Crippen molar-refractivity contribution in [2.24, 2.45) is 5.73 Å². The normalized spacial score (nSPS) is 12.5. The van der Waals surface area contributed by atoms with Crippen LogP contribution in [0.3, 0.4) is 0 Å². The molecule has 0 aromatic heterocycles. The molecular weight excluding hydrogens is 238 g/mol. The molecule has 1 unspecified atom stereocenters. The molecule has 0 saturated heterocycles. The number of anilines is 1. The zero-order chi connectivity index (χ0) is 14.4. The molecule has 3 N–H and O–H groups in total. The van der Waals surface area contributed by atoms with Crippen LogP contribution in [0.4, 0.5) is 5.69 Å². The fourth-order valence-electron chi connectivity index (χ4n) is 2.02. The summed E-state index contributed by atoms with van der Waals surface area (Å²) in [5.41, 5.74) is 7.81. The molecule has 0 aliphatic rings. The van der Waals surface area contributed by atoms with Gasteiger partial charge in [0.15, 0.2) is 0 Å². The number of aryl methyl sites for hydroxylation is 1. The summed E-state index contributed by atoms with van der Waals surface area (Å²) in [4.78, 5) is 13.7. The third kappa shape index (κ3) is 4.91. The average Bonchev–Trinajstić information content (AvgIpc) is 2.35. The first-order chi connectivity index (χ1) is 8.93. The first-order valence-electron chi connectivity index (χ1n) is 6.81. The quantitative estimate of drug-likeness (QED) is 0.787. The van der Waals surface area contributed by atoms with Crippen molar-refractivity contribution in [2.45, 2.75) is 39.8 Å². The summed E-state index contributed by atoms with van der Waals surface area (Å²) >= 11 is 0. The van der Waals surface area contributed by atoms with E-state index < -0.39 is 0 Å². The van der Waals surface area contributed by atoms with Gasteiger partial charge in [-0.3, -0.25) is 4.79 Å². The van der Waals surface area contributed by atoms with Crippen LogP contribution >= 0.6 is 0 Å². The first kappa shape index (κ1) is 15.5. The van der Waals surface area contributed by atoms with E-state index >= 15 is 0 Å². The van der Waals surface area contributed by atoms with Gasteiger partial charge < -0.3 is 16.0 Å². The monoisotopic (exact) mass is 263 g/mol. The number of benzene rings is 1. The van der Waals surface area contributed by atoms with Crippen LogP contribution < -0.4 is 16.0 Å². The van der Waals surface area contributed by atoms with Crippen molar-refractivity contribution in [3.63, 3.8) is 0 Å². The molecule has 0 saturated carbocycles. The fraction of sp³-hybridized carbons (Fsp3) is 0.533. The molecule has 0 spiro atoms. The number of amides is 1. The van der Waals surface area contributed by atoms with Gasteiger partial charge in [0.05, 0.1) is 0 Å². The van der Waals surface area contributed by atoms with Crippen LogP contribution in [-0.2, 0) is 4.79 Å². The molecule has 0 fully saturated rings. The van der Waals surface area contributed by atoms with E-state index in [0.29, 0.717) is 6.54 Å². The van der Waals surface area contributed by atoms with E-state index in [1.807, 2.05) is 13.8 Å². The number of rotatable bonds is 7. The Kier molecular flexibility index (Phi) is 5.83. The van der Waals surface area contributed by atoms with Gasteiger partial charge in [0.1, 0.15) is 6.04 Å². The SMILES string of the molecule is CCN(CC(NC(C)C)C(N)=O)c1ccc(C)cc1. The summed E-state index contributed by atoms with van der Waals surface area (Å²) in [5.74, 6) is -0.306. The molecule has 0 heterocycles. The number of hydrogen-bond donors (Lipinski definition) is 2. The van der Waals surface area contributed by atoms with Gasteiger partial charge in [0.25, 0.3) is 0 Å². The van der Waals surface area contributed by atoms with Crippen LogP contribution in [0.2, 0.25) is 0 Å². The van der Waals surface area contributed by atoms with E-state index in [1.54, 1.807) is 0 Å². The van der Waals surface area contributed by atoms with E-state index in [2.05, 4.69) is 48.3 Å². The van der Waals surface area contributed by atoms with Crippen molar-refractivity contribution in [3.8, 4) is 0 Å². The van der Waals surface area contributed by atoms with Gasteiger partial charge >= 0.3 is 0 Å². The number of nitrogens with one attached hydrogen (secondary N) is 1. The number of nitrogens with zero attached hydrogens (tertiary/aromatic N) is 1. The molecular formula is C15H25N3O. The standard InChI is InChI=1S/C15H25N3O/c1-5-18(13-8-6-12(4)7-9-13)10-14(15(16)19)17-11(2)3/h6-9,11,14,17H,5,10H2,1-4H3,(H2,16,19). The van der Waals surface area contributed by atoms with Gasteiger partial charge in [-0.05, 0) is 26.0 Å². The van der Waals surface area contributed by atoms with E-state index in [4.69, 9.17) is 5.73 Å². The van der Waals surface area contributed by atoms with Gasteiger partial charge in [0.2, 0.25) is 5.91 Å². The Labute approximate surface area is 116 Å². The average molecular weight is 263 g/mol. The molecule has 0 radical (unpaired) electrons. The Balaban J connectivity index is 2.79. The number of likely N-dealkylation sites (N-methyl/N-ethyl adjacent to an activating group) is 1. The number of hydrogen-bond acceptors (Lipinski definition) is 3. The van der Waals surface area contributed by atoms with Crippen LogP contribution in [0.5, 0.6) is 0 Å². The molecule has 0 aliphatic carbocycles. The third-order valence-corrected chi connectivity index (χ3v) is 3.06. The van der Waals surface area contributed by atoms with E-state index in [0.717, 1.165) is 12.2 Å². The maximum Gasteiger partial charge on any atom is 0.236 e. The second-order valence-corrected chi connectivity index (χ2v) is 5.15. The van der Waals surface area contributed by atoms with Crippen LogP contribution in [0, 0.1) is 6.92 Å². The Morgan fingerprint density at radius 2 is 1.89 bits per heavy atom. The molecule has 4 heteroatoms. The Morgan fingerprint density at radius 1 is 1.32 bits per heavy atom. The highest BCUT2D eigenvalue weighted by molar-refractivity contribution is 5.80. The maximum absolute atomic E-state index is 11.5. The summed E-state index contributed by atoms with van der Waals surface area (Å²) in [7, 11) is 0. The van der Waals surface area contributed by atoms with Crippen molar-refractivity contribution in [2.75, 3.05) is 18.0 Å². The van der Waals surface area contributed by atoms with Crippen molar-refractivity contribution in [1.82, 2.24) is 5.32 Å². The van der Waals surface area contributed by atoms with Gasteiger partial charge in [-0.2, -0.15) is 0 Å². The summed E-state index contributed by atoms with van der Waals surface area (Å²) in [5, 5.41) is 3.21. The third-order valence-electron chi connectivity index (χ3n) is 3.06. The molecule has 1 aromatic rings. The lowest BCUT2D eigenvalue weighted by Gasteiger charge is -2.28. The highest BCUT2D eigenvalue weighted by Gasteiger charge is 2.19. The molecule has 19 heavy (non-hydrogen) atoms. The minimum absolute atomic E-state index is 0.231. The zero-order valence-electron chi connectivity index (χ0n) is 12.3. The predicted octanol–water partition coefficient (Wildman–Crippen LogP) is 1.67. The second-order valence-electron chi connectivity index (χ2n) is 5.15. The largest absolute Gasteiger partial charge is 0.370 e. The van der Waals surface area contributed by atoms with Gasteiger partial charge in [-0.15, -0.1) is 0 Å². The van der Waals surface area contributed by atoms with E-state index in [1.165, 1.54) is 5.56 Å². The minimum atomic E-state index is -0.332. The van der Waals surface area contributed by atoms with Gasteiger partial charge in [-0.1, -0.05) is 31.5 Å². The predicted molar refractivity (Wildman–Crippen MR) is 80.3 cm³/mol. The summed E-state index contributed by atoms with van der Waals surface area (Å²) in [6.07, 6.45) is 0. The van der Waals surface area contributed by atoms with Crippen LogP contribution in [0.1, 0.15) is 26.3 Å². The molecule has 1 atom stereocenters. The van der Waals surface area contributed by atoms with Crippen LogP contribution in [0.15, 0.2) is 24.3 Å². The van der Waals surface area contributed by atoms with Gasteiger partial charge in [0, 0.05) is 24.8 Å². The van der Waals surface area contributed by atoms with Crippen molar-refractivity contribution in [1.29, 1.82) is 0 Å². The zero-order valence-corrected chi connectivity index (χ0v) is 12.3. The highest BCUT2D eigenvalue weighted by Crippen LogP contribution is 2.15. The number of primary amides is 1. The topological polar surface area (TPSA) is 58.4 Å². The highest BCUT2D eigenvalue weighted by atomic mass is 16.1. The number of carbonyl (C=O) groups is 1. The smallest absolute Gasteiger partial charge is 0.236 e. The molecule has 1 aromatic carbocycles.